The molecule has 1 saturated carbocycles. The Morgan fingerprint density at radius 1 is 1.47 bits per heavy atom. The Labute approximate surface area is 90.8 Å². The van der Waals surface area contributed by atoms with Crippen LogP contribution < -0.4 is 0 Å². The van der Waals surface area contributed by atoms with E-state index in [1.807, 2.05) is 0 Å². The average molecular weight is 209 g/mol. The maximum atomic E-state index is 11.0. The number of carboxylic acid groups (broad SMARTS) is 1. The van der Waals surface area contributed by atoms with Crippen molar-refractivity contribution in [1.82, 2.24) is 4.90 Å². The number of hydrogen-bond donors (Lipinski definition) is 1. The van der Waals surface area contributed by atoms with Crippen molar-refractivity contribution < 1.29 is 9.90 Å². The molecule has 1 unspecified atom stereocenters. The van der Waals surface area contributed by atoms with E-state index in [1.165, 1.54) is 25.7 Å². The second-order valence-corrected chi connectivity index (χ2v) is 4.99. The van der Waals surface area contributed by atoms with Gasteiger partial charge in [-0.15, -0.1) is 6.58 Å². The van der Waals surface area contributed by atoms with Gasteiger partial charge in [-0.25, -0.2) is 0 Å². The largest absolute Gasteiger partial charge is 0.480 e. The van der Waals surface area contributed by atoms with Crippen molar-refractivity contribution in [2.45, 2.75) is 38.1 Å². The molecule has 1 heterocycles. The molecule has 0 radical (unpaired) electrons. The van der Waals surface area contributed by atoms with Crippen LogP contribution in [0, 0.1) is 5.41 Å². The Balaban J connectivity index is 1.90. The maximum absolute atomic E-state index is 11.0. The van der Waals surface area contributed by atoms with Gasteiger partial charge in [0.25, 0.3) is 0 Å². The summed E-state index contributed by atoms with van der Waals surface area (Å²) >= 11 is 0. The lowest BCUT2D eigenvalue weighted by Gasteiger charge is -2.50. The number of likely N-dealkylation sites (tertiary alicyclic amines) is 1. The Kier molecular flexibility index (Phi) is 2.83. The average Bonchev–Trinajstić information content (AvgIpc) is 2.60. The molecule has 0 aromatic carbocycles. The predicted molar refractivity (Wildman–Crippen MR) is 58.7 cm³/mol. The molecule has 2 aliphatic rings. The van der Waals surface area contributed by atoms with Gasteiger partial charge in [0.05, 0.1) is 0 Å². The van der Waals surface area contributed by atoms with Crippen LogP contribution in [0.4, 0.5) is 0 Å². The minimum Gasteiger partial charge on any atom is -0.480 e. The fraction of sp³-hybridized carbons (Fsp3) is 0.750. The van der Waals surface area contributed by atoms with Crippen LogP contribution in [0.15, 0.2) is 12.7 Å². The van der Waals surface area contributed by atoms with Crippen LogP contribution in [0.25, 0.3) is 0 Å². The molecule has 0 aromatic rings. The van der Waals surface area contributed by atoms with Crippen molar-refractivity contribution in [2.24, 2.45) is 5.41 Å². The first kappa shape index (κ1) is 10.7. The second kappa shape index (κ2) is 3.97. The lowest BCUT2D eigenvalue weighted by Crippen LogP contribution is -2.60. The van der Waals surface area contributed by atoms with Crippen LogP contribution in [0.1, 0.15) is 32.1 Å². The van der Waals surface area contributed by atoms with E-state index in [2.05, 4.69) is 11.5 Å². The third-order valence-electron chi connectivity index (χ3n) is 3.86. The Morgan fingerprint density at radius 3 is 2.53 bits per heavy atom. The van der Waals surface area contributed by atoms with Gasteiger partial charge in [0.2, 0.25) is 0 Å². The molecule has 2 rings (SSSR count). The summed E-state index contributed by atoms with van der Waals surface area (Å²) in [7, 11) is 0. The third kappa shape index (κ3) is 1.93. The summed E-state index contributed by atoms with van der Waals surface area (Å²) in [4.78, 5) is 13.1. The summed E-state index contributed by atoms with van der Waals surface area (Å²) in [6, 6.07) is -0.339. The van der Waals surface area contributed by atoms with Crippen molar-refractivity contribution in [3.63, 3.8) is 0 Å². The van der Waals surface area contributed by atoms with Gasteiger partial charge in [0.15, 0.2) is 0 Å². The smallest absolute Gasteiger partial charge is 0.321 e. The van der Waals surface area contributed by atoms with E-state index >= 15 is 0 Å². The van der Waals surface area contributed by atoms with Gasteiger partial charge in [0, 0.05) is 13.1 Å². The maximum Gasteiger partial charge on any atom is 0.321 e. The Bertz CT molecular complexity index is 261. The molecular formula is C12H19NO2. The van der Waals surface area contributed by atoms with Gasteiger partial charge < -0.3 is 5.11 Å². The zero-order chi connectivity index (χ0) is 10.9. The van der Waals surface area contributed by atoms with Crippen LogP contribution in [0.5, 0.6) is 0 Å². The molecular weight excluding hydrogens is 190 g/mol. The molecule has 15 heavy (non-hydrogen) atoms. The molecule has 2 fully saturated rings. The van der Waals surface area contributed by atoms with Gasteiger partial charge in [-0.05, 0) is 24.7 Å². The molecule has 0 bridgehead atoms. The fourth-order valence-electron chi connectivity index (χ4n) is 3.04. The van der Waals surface area contributed by atoms with Gasteiger partial charge in [-0.3, -0.25) is 9.69 Å². The monoisotopic (exact) mass is 209 g/mol. The zero-order valence-electron chi connectivity index (χ0n) is 9.11. The topological polar surface area (TPSA) is 40.5 Å². The molecule has 0 amide bonds. The normalized spacial score (nSPS) is 26.1. The van der Waals surface area contributed by atoms with Gasteiger partial charge in [0.1, 0.15) is 6.04 Å². The van der Waals surface area contributed by atoms with Crippen LogP contribution in [0.2, 0.25) is 0 Å². The molecule has 0 aromatic heterocycles. The second-order valence-electron chi connectivity index (χ2n) is 4.99. The number of rotatable bonds is 4. The number of carboxylic acids is 1. The van der Waals surface area contributed by atoms with Gasteiger partial charge in [-0.2, -0.15) is 0 Å². The van der Waals surface area contributed by atoms with Crippen molar-refractivity contribution in [1.29, 1.82) is 0 Å². The summed E-state index contributed by atoms with van der Waals surface area (Å²) < 4.78 is 0. The highest BCUT2D eigenvalue weighted by Crippen LogP contribution is 2.46. The molecule has 1 aliphatic heterocycles. The number of nitrogens with zero attached hydrogens (tertiary/aromatic N) is 1. The first-order valence-corrected chi connectivity index (χ1v) is 5.75. The fourth-order valence-corrected chi connectivity index (χ4v) is 3.04. The van der Waals surface area contributed by atoms with Crippen molar-refractivity contribution >= 4 is 5.97 Å². The van der Waals surface area contributed by atoms with Crippen molar-refractivity contribution in [3.8, 4) is 0 Å². The summed E-state index contributed by atoms with van der Waals surface area (Å²) in [6.07, 6.45) is 7.51. The van der Waals surface area contributed by atoms with Gasteiger partial charge >= 0.3 is 5.97 Å². The number of carbonyl (C=O) groups is 1. The first-order chi connectivity index (χ1) is 7.17. The lowest BCUT2D eigenvalue weighted by molar-refractivity contribution is -0.149. The molecule has 1 atom stereocenters. The highest BCUT2D eigenvalue weighted by atomic mass is 16.4. The predicted octanol–water partition coefficient (Wildman–Crippen LogP) is 1.89. The van der Waals surface area contributed by atoms with Crippen LogP contribution in [-0.4, -0.2) is 35.1 Å². The highest BCUT2D eigenvalue weighted by molar-refractivity contribution is 5.73. The molecule has 1 N–H and O–H groups in total. The third-order valence-corrected chi connectivity index (χ3v) is 3.86. The van der Waals surface area contributed by atoms with E-state index < -0.39 is 5.97 Å². The van der Waals surface area contributed by atoms with E-state index in [0.29, 0.717) is 11.8 Å². The molecule has 3 nitrogen and oxygen atoms in total. The van der Waals surface area contributed by atoms with Crippen LogP contribution in [-0.2, 0) is 4.79 Å². The van der Waals surface area contributed by atoms with Crippen molar-refractivity contribution in [3.05, 3.63) is 12.7 Å². The van der Waals surface area contributed by atoms with E-state index in [9.17, 15) is 4.79 Å². The zero-order valence-corrected chi connectivity index (χ0v) is 9.11. The molecule has 1 saturated heterocycles. The van der Waals surface area contributed by atoms with E-state index in [4.69, 9.17) is 5.11 Å². The quantitative estimate of drug-likeness (QED) is 0.719. The van der Waals surface area contributed by atoms with Crippen LogP contribution in [0.3, 0.4) is 0 Å². The molecule has 3 heteroatoms. The van der Waals surface area contributed by atoms with E-state index in [0.717, 1.165) is 13.1 Å². The van der Waals surface area contributed by atoms with Crippen LogP contribution >= 0.6 is 0 Å². The molecule has 1 aliphatic carbocycles. The Morgan fingerprint density at radius 2 is 2.07 bits per heavy atom. The molecule has 84 valence electrons. The Hall–Kier alpha value is -0.830. The highest BCUT2D eigenvalue weighted by Gasteiger charge is 2.47. The number of aliphatic carboxylic acids is 1. The van der Waals surface area contributed by atoms with E-state index in [1.54, 1.807) is 6.08 Å². The van der Waals surface area contributed by atoms with E-state index in [-0.39, 0.29) is 6.04 Å². The minimum atomic E-state index is -0.706. The molecule has 1 spiro atoms. The first-order valence-electron chi connectivity index (χ1n) is 5.75. The summed E-state index contributed by atoms with van der Waals surface area (Å²) in [5, 5.41) is 9.08. The minimum absolute atomic E-state index is 0.339. The standard InChI is InChI=1S/C12H19NO2/c1-2-5-10(11(14)15)13-8-12(9-13)6-3-4-7-12/h2,10H,1,3-9H2,(H,14,15). The number of hydrogen-bond acceptors (Lipinski definition) is 2. The van der Waals surface area contributed by atoms with Crippen molar-refractivity contribution in [2.75, 3.05) is 13.1 Å². The van der Waals surface area contributed by atoms with Gasteiger partial charge in [-0.1, -0.05) is 18.9 Å². The summed E-state index contributed by atoms with van der Waals surface area (Å²) in [5.41, 5.74) is 0.481. The summed E-state index contributed by atoms with van der Waals surface area (Å²) in [5.74, 6) is -0.706. The lowest BCUT2D eigenvalue weighted by atomic mass is 9.77. The summed E-state index contributed by atoms with van der Waals surface area (Å²) in [6.45, 7) is 5.59. The SMILES string of the molecule is C=CCC(C(=O)O)N1CC2(CCCC2)C1.